The molecule has 0 aliphatic carbocycles. The van der Waals surface area contributed by atoms with Gasteiger partial charge in [-0.25, -0.2) is 9.78 Å². The van der Waals surface area contributed by atoms with E-state index in [1.54, 1.807) is 12.1 Å². The first-order valence-electron chi connectivity index (χ1n) is 7.76. The highest BCUT2D eigenvalue weighted by molar-refractivity contribution is 8.03. The summed E-state index contributed by atoms with van der Waals surface area (Å²) in [6.07, 6.45) is 1.67. The van der Waals surface area contributed by atoms with Crippen molar-refractivity contribution in [1.82, 2.24) is 4.98 Å². The summed E-state index contributed by atoms with van der Waals surface area (Å²) < 4.78 is 11.2. The van der Waals surface area contributed by atoms with Gasteiger partial charge in [-0.1, -0.05) is 24.3 Å². The molecule has 5 nitrogen and oxygen atoms in total. The van der Waals surface area contributed by atoms with Gasteiger partial charge in [0.15, 0.2) is 5.58 Å². The molecule has 2 aromatic carbocycles. The van der Waals surface area contributed by atoms with Crippen molar-refractivity contribution >= 4 is 34.9 Å². The van der Waals surface area contributed by atoms with Crippen LogP contribution in [0.4, 0.5) is 0 Å². The Kier molecular flexibility index (Phi) is 5.09. The van der Waals surface area contributed by atoms with E-state index in [4.69, 9.17) is 9.15 Å². The molecule has 0 fully saturated rings. The molecule has 0 saturated carbocycles. The van der Waals surface area contributed by atoms with Crippen LogP contribution in [-0.4, -0.2) is 22.2 Å². The topological polar surface area (TPSA) is 72.6 Å². The van der Waals surface area contributed by atoms with E-state index in [2.05, 4.69) is 4.98 Å². The third kappa shape index (κ3) is 4.42. The quantitative estimate of drug-likeness (QED) is 0.504. The maximum Gasteiger partial charge on any atom is 0.342 e. The molecule has 0 atom stereocenters. The summed E-state index contributed by atoms with van der Waals surface area (Å²) in [4.78, 5) is 16.0. The zero-order valence-corrected chi connectivity index (χ0v) is 14.6. The van der Waals surface area contributed by atoms with Crippen LogP contribution < -0.4 is 4.74 Å². The third-order valence-corrected chi connectivity index (χ3v) is 4.09. The van der Waals surface area contributed by atoms with Gasteiger partial charge in [0, 0.05) is 0 Å². The lowest BCUT2D eigenvalue weighted by Crippen LogP contribution is -2.05. The molecule has 0 aliphatic rings. The number of hydrogen-bond donors (Lipinski definition) is 1. The number of benzene rings is 2. The Bertz CT molecular complexity index is 880. The number of fused-ring (bicyclic) bond motifs is 1. The van der Waals surface area contributed by atoms with Crippen LogP contribution in [0.1, 0.15) is 19.4 Å². The van der Waals surface area contributed by atoms with Gasteiger partial charge in [0.1, 0.15) is 16.2 Å². The molecule has 3 rings (SSSR count). The summed E-state index contributed by atoms with van der Waals surface area (Å²) in [5, 5.41) is 9.76. The highest BCUT2D eigenvalue weighted by Gasteiger charge is 2.14. The van der Waals surface area contributed by atoms with E-state index in [1.165, 1.54) is 0 Å². The number of carboxylic acids is 1. The average molecular weight is 355 g/mol. The maximum absolute atomic E-state index is 11.6. The molecule has 6 heteroatoms. The second-order valence-corrected chi connectivity index (χ2v) is 6.59. The highest BCUT2D eigenvalue weighted by Crippen LogP contribution is 2.30. The van der Waals surface area contributed by atoms with Gasteiger partial charge in [0.25, 0.3) is 5.22 Å². The summed E-state index contributed by atoms with van der Waals surface area (Å²) in [5.41, 5.74) is 2.09. The molecule has 0 amide bonds. The second kappa shape index (κ2) is 7.44. The van der Waals surface area contributed by atoms with Gasteiger partial charge < -0.3 is 14.3 Å². The molecule has 128 valence electrons. The number of ether oxygens (including phenoxy) is 1. The SMILES string of the molecule is CC(C)Oc1ccc(/C=C(\Sc2nc3ccccc3o2)C(=O)O)cc1. The van der Waals surface area contributed by atoms with Gasteiger partial charge >= 0.3 is 5.97 Å². The predicted molar refractivity (Wildman–Crippen MR) is 97.7 cm³/mol. The Morgan fingerprint density at radius 2 is 1.92 bits per heavy atom. The van der Waals surface area contributed by atoms with E-state index in [-0.39, 0.29) is 11.0 Å². The minimum Gasteiger partial charge on any atom is -0.491 e. The number of para-hydroxylation sites is 2. The van der Waals surface area contributed by atoms with Gasteiger partial charge in [0.2, 0.25) is 0 Å². The molecule has 25 heavy (non-hydrogen) atoms. The fourth-order valence-electron chi connectivity index (χ4n) is 2.19. The number of rotatable bonds is 6. The van der Waals surface area contributed by atoms with Crippen LogP contribution in [-0.2, 0) is 4.79 Å². The van der Waals surface area contributed by atoms with Crippen LogP contribution in [0.15, 0.2) is 63.1 Å². The molecule has 0 bridgehead atoms. The van der Waals surface area contributed by atoms with Gasteiger partial charge in [-0.05, 0) is 61.5 Å². The highest BCUT2D eigenvalue weighted by atomic mass is 32.2. The normalized spacial score (nSPS) is 11.9. The average Bonchev–Trinajstić information content (AvgIpc) is 2.97. The lowest BCUT2D eigenvalue weighted by molar-refractivity contribution is -0.131. The van der Waals surface area contributed by atoms with Crippen molar-refractivity contribution in [2.24, 2.45) is 0 Å². The predicted octanol–water partition coefficient (Wildman–Crippen LogP) is 4.83. The number of carbonyl (C=O) groups is 1. The number of thioether (sulfide) groups is 1. The smallest absolute Gasteiger partial charge is 0.342 e. The molecule has 3 aromatic rings. The standard InChI is InChI=1S/C19H17NO4S/c1-12(2)23-14-9-7-13(8-10-14)11-17(18(21)22)25-19-20-15-5-3-4-6-16(15)24-19/h3-12H,1-2H3,(H,21,22)/b17-11-. The molecular weight excluding hydrogens is 338 g/mol. The van der Waals surface area contributed by atoms with Crippen LogP contribution >= 0.6 is 11.8 Å². The molecule has 1 N–H and O–H groups in total. The van der Waals surface area contributed by atoms with Crippen LogP contribution in [0.5, 0.6) is 5.75 Å². The molecule has 0 aliphatic heterocycles. The van der Waals surface area contributed by atoms with Crippen molar-refractivity contribution in [3.63, 3.8) is 0 Å². The fourth-order valence-corrected chi connectivity index (χ4v) is 2.94. The summed E-state index contributed by atoms with van der Waals surface area (Å²) >= 11 is 0.985. The summed E-state index contributed by atoms with van der Waals surface area (Å²) in [6, 6.07) is 14.6. The maximum atomic E-state index is 11.6. The molecule has 0 spiro atoms. The summed E-state index contributed by atoms with van der Waals surface area (Å²) in [5.74, 6) is -0.287. The van der Waals surface area contributed by atoms with Gasteiger partial charge in [-0.2, -0.15) is 0 Å². The minimum atomic E-state index is -1.03. The summed E-state index contributed by atoms with van der Waals surface area (Å²) in [6.45, 7) is 3.90. The Balaban J connectivity index is 1.82. The Morgan fingerprint density at radius 1 is 1.20 bits per heavy atom. The lowest BCUT2D eigenvalue weighted by Gasteiger charge is -2.09. The van der Waals surface area contributed by atoms with Crippen molar-refractivity contribution in [2.45, 2.75) is 25.2 Å². The largest absolute Gasteiger partial charge is 0.491 e. The molecule has 1 heterocycles. The molecular formula is C19H17NO4S. The van der Waals surface area contributed by atoms with Crippen LogP contribution in [0.3, 0.4) is 0 Å². The van der Waals surface area contributed by atoms with Crippen LogP contribution in [0, 0.1) is 0 Å². The minimum absolute atomic E-state index is 0.0886. The van der Waals surface area contributed by atoms with Crippen molar-refractivity contribution < 1.29 is 19.1 Å². The molecule has 0 unspecified atom stereocenters. The van der Waals surface area contributed by atoms with Crippen molar-refractivity contribution in [3.8, 4) is 5.75 Å². The first-order valence-corrected chi connectivity index (χ1v) is 8.58. The Labute approximate surface area is 149 Å². The second-order valence-electron chi connectivity index (χ2n) is 5.60. The number of hydrogen-bond acceptors (Lipinski definition) is 5. The van der Waals surface area contributed by atoms with Gasteiger partial charge in [-0.3, -0.25) is 0 Å². The number of aliphatic carboxylic acids is 1. The van der Waals surface area contributed by atoms with Gasteiger partial charge in [-0.15, -0.1) is 0 Å². The first-order chi connectivity index (χ1) is 12.0. The molecule has 1 aromatic heterocycles. The Morgan fingerprint density at radius 3 is 2.56 bits per heavy atom. The van der Waals surface area contributed by atoms with E-state index in [0.717, 1.165) is 23.1 Å². The third-order valence-electron chi connectivity index (χ3n) is 3.23. The number of oxazole rings is 1. The molecule has 0 saturated heterocycles. The van der Waals surface area contributed by atoms with Gasteiger partial charge in [0.05, 0.1) is 6.10 Å². The van der Waals surface area contributed by atoms with E-state index < -0.39 is 5.97 Å². The monoisotopic (exact) mass is 355 g/mol. The van der Waals surface area contributed by atoms with Crippen molar-refractivity contribution in [1.29, 1.82) is 0 Å². The van der Waals surface area contributed by atoms with Crippen molar-refractivity contribution in [2.75, 3.05) is 0 Å². The lowest BCUT2D eigenvalue weighted by atomic mass is 10.2. The van der Waals surface area contributed by atoms with Crippen LogP contribution in [0.2, 0.25) is 0 Å². The molecule has 0 radical (unpaired) electrons. The summed E-state index contributed by atoms with van der Waals surface area (Å²) in [7, 11) is 0. The number of carboxylic acid groups (broad SMARTS) is 1. The number of aromatic nitrogens is 1. The number of nitrogens with zero attached hydrogens (tertiary/aromatic N) is 1. The van der Waals surface area contributed by atoms with Crippen LogP contribution in [0.25, 0.3) is 17.2 Å². The van der Waals surface area contributed by atoms with E-state index in [9.17, 15) is 9.90 Å². The van der Waals surface area contributed by atoms with E-state index in [1.807, 2.05) is 56.3 Å². The zero-order valence-electron chi connectivity index (χ0n) is 13.8. The first kappa shape index (κ1) is 17.1. The van der Waals surface area contributed by atoms with Crippen molar-refractivity contribution in [3.05, 3.63) is 59.0 Å². The Hall–Kier alpha value is -2.73. The van der Waals surface area contributed by atoms with E-state index in [0.29, 0.717) is 16.3 Å². The fraction of sp³-hybridized carbons (Fsp3) is 0.158. The zero-order chi connectivity index (χ0) is 17.8. The van der Waals surface area contributed by atoms with E-state index >= 15 is 0 Å².